The van der Waals surface area contributed by atoms with Crippen LogP contribution in [0.1, 0.15) is 46.9 Å². The van der Waals surface area contributed by atoms with Crippen molar-refractivity contribution in [2.45, 2.75) is 37.5 Å². The molecule has 214 valence electrons. The van der Waals surface area contributed by atoms with Crippen LogP contribution in [0.3, 0.4) is 0 Å². The Balaban J connectivity index is 1.59. The fourth-order valence-corrected chi connectivity index (χ4v) is 5.13. The Morgan fingerprint density at radius 2 is 1.83 bits per heavy atom. The molecule has 0 aliphatic heterocycles. The lowest BCUT2D eigenvalue weighted by molar-refractivity contribution is -0.138. The lowest BCUT2D eigenvalue weighted by Crippen LogP contribution is -2.39. The first-order valence-corrected chi connectivity index (χ1v) is 13.4. The quantitative estimate of drug-likeness (QED) is 0.179. The molecule has 1 aromatic heterocycles. The number of nitrogens with one attached hydrogen (secondary N) is 2. The number of hydrogen-bond donors (Lipinski definition) is 3. The van der Waals surface area contributed by atoms with Gasteiger partial charge in [0.25, 0.3) is 5.91 Å². The highest BCUT2D eigenvalue weighted by molar-refractivity contribution is 6.32. The highest BCUT2D eigenvalue weighted by Crippen LogP contribution is 2.39. The Kier molecular flexibility index (Phi) is 9.21. The van der Waals surface area contributed by atoms with E-state index in [1.54, 1.807) is 0 Å². The average molecular weight is 604 g/mol. The molecule has 0 radical (unpaired) electrons. The van der Waals surface area contributed by atoms with Crippen LogP contribution < -0.4 is 10.6 Å². The zero-order valence-corrected chi connectivity index (χ0v) is 23.4. The van der Waals surface area contributed by atoms with E-state index in [0.717, 1.165) is 28.8 Å². The zero-order chi connectivity index (χ0) is 29.8. The molecule has 1 aliphatic carbocycles. The molecule has 4 rings (SSSR count). The van der Waals surface area contributed by atoms with Gasteiger partial charge in [-0.25, -0.2) is 0 Å². The monoisotopic (exact) mass is 603 g/mol. The summed E-state index contributed by atoms with van der Waals surface area (Å²) in [5, 5.41) is 14.3. The van der Waals surface area contributed by atoms with Crippen LogP contribution in [0, 0.1) is 0 Å². The van der Waals surface area contributed by atoms with Gasteiger partial charge >= 0.3 is 12.1 Å². The minimum absolute atomic E-state index is 0.0135. The maximum atomic E-state index is 13.7. The van der Waals surface area contributed by atoms with Crippen molar-refractivity contribution < 1.29 is 27.9 Å². The molecule has 11 heteroatoms. The first-order valence-electron chi connectivity index (χ1n) is 12.6. The number of nitrogens with zero attached hydrogens (tertiary/aromatic N) is 1. The van der Waals surface area contributed by atoms with Crippen molar-refractivity contribution in [1.29, 1.82) is 0 Å². The van der Waals surface area contributed by atoms with Gasteiger partial charge in [0.1, 0.15) is 10.7 Å². The van der Waals surface area contributed by atoms with E-state index in [2.05, 4.69) is 15.6 Å². The summed E-state index contributed by atoms with van der Waals surface area (Å²) < 4.78 is 41.0. The number of pyridine rings is 1. The zero-order valence-electron chi connectivity index (χ0n) is 21.9. The van der Waals surface area contributed by atoms with Crippen molar-refractivity contribution in [2.75, 3.05) is 6.54 Å². The summed E-state index contributed by atoms with van der Waals surface area (Å²) in [6.45, 7) is 1.94. The molecule has 0 saturated heterocycles. The second-order valence-corrected chi connectivity index (χ2v) is 10.7. The molecule has 1 heterocycles. The molecule has 0 saturated carbocycles. The number of hydrogen-bond acceptors (Lipinski definition) is 4. The number of aromatic nitrogens is 1. The molecule has 2 aromatic carbocycles. The topological polar surface area (TPSA) is 91.3 Å². The maximum Gasteiger partial charge on any atom is 0.416 e. The van der Waals surface area contributed by atoms with E-state index >= 15 is 0 Å². The highest BCUT2D eigenvalue weighted by atomic mass is 35.5. The van der Waals surface area contributed by atoms with E-state index in [9.17, 15) is 22.8 Å². The van der Waals surface area contributed by atoms with Crippen molar-refractivity contribution in [3.8, 4) is 11.1 Å². The molecular weight excluding hydrogens is 578 g/mol. The van der Waals surface area contributed by atoms with E-state index in [1.807, 2.05) is 49.4 Å². The fraction of sp³-hybridized carbons (Fsp3) is 0.233. The number of benzene rings is 2. The Morgan fingerprint density at radius 3 is 2.44 bits per heavy atom. The van der Waals surface area contributed by atoms with Gasteiger partial charge in [-0.1, -0.05) is 71.2 Å². The van der Waals surface area contributed by atoms with Crippen LogP contribution in [0.5, 0.6) is 0 Å². The smallest absolute Gasteiger partial charge is 0.416 e. The fourth-order valence-electron chi connectivity index (χ4n) is 4.51. The maximum absolute atomic E-state index is 13.7. The number of halogens is 5. The van der Waals surface area contributed by atoms with Crippen LogP contribution in [-0.2, 0) is 17.5 Å². The van der Waals surface area contributed by atoms with Gasteiger partial charge < -0.3 is 10.4 Å². The third-order valence-corrected chi connectivity index (χ3v) is 7.33. The number of aliphatic carboxylic acids is 1. The first-order chi connectivity index (χ1) is 19.4. The van der Waals surface area contributed by atoms with Crippen LogP contribution in [0.25, 0.3) is 16.7 Å². The van der Waals surface area contributed by atoms with E-state index in [0.29, 0.717) is 17.5 Å². The molecule has 3 N–H and O–H groups in total. The van der Waals surface area contributed by atoms with Crippen LogP contribution in [0.4, 0.5) is 13.2 Å². The number of allylic oxidation sites excluding steroid dienone is 2. The van der Waals surface area contributed by atoms with E-state index < -0.39 is 28.6 Å². The predicted octanol–water partition coefficient (Wildman–Crippen LogP) is 7.08. The molecule has 0 bridgehead atoms. The second kappa shape index (κ2) is 12.5. The number of carboxylic acids is 1. The van der Waals surface area contributed by atoms with Crippen LogP contribution in [-0.4, -0.2) is 33.5 Å². The molecule has 6 nitrogen and oxygen atoms in total. The highest BCUT2D eigenvalue weighted by Gasteiger charge is 2.33. The van der Waals surface area contributed by atoms with Crippen molar-refractivity contribution in [3.63, 3.8) is 0 Å². The number of amides is 1. The first kappa shape index (κ1) is 30.3. The third-order valence-electron chi connectivity index (χ3n) is 6.59. The number of rotatable bonds is 9. The van der Waals surface area contributed by atoms with E-state index in [1.165, 1.54) is 18.3 Å². The molecule has 1 atom stereocenters. The van der Waals surface area contributed by atoms with Gasteiger partial charge in [0.2, 0.25) is 0 Å². The Labute approximate surface area is 244 Å². The lowest BCUT2D eigenvalue weighted by Gasteiger charge is -2.30. The van der Waals surface area contributed by atoms with Crippen LogP contribution in [0.15, 0.2) is 78.5 Å². The number of carboxylic acid groups (broad SMARTS) is 1. The molecule has 1 aliphatic rings. The molecule has 3 aromatic rings. The molecule has 0 fully saturated rings. The van der Waals surface area contributed by atoms with Crippen LogP contribution >= 0.6 is 23.2 Å². The molecule has 1 amide bonds. The van der Waals surface area contributed by atoms with E-state index in [4.69, 9.17) is 28.3 Å². The lowest BCUT2D eigenvalue weighted by atomic mass is 9.90. The Bertz CT molecular complexity index is 1510. The summed E-state index contributed by atoms with van der Waals surface area (Å²) in [7, 11) is 0. The summed E-state index contributed by atoms with van der Waals surface area (Å²) in [4.78, 5) is 26.0. The summed E-state index contributed by atoms with van der Waals surface area (Å²) in [5.41, 5.74) is 3.07. The Hall–Kier alpha value is -3.66. The van der Waals surface area contributed by atoms with Gasteiger partial charge in [0, 0.05) is 36.3 Å². The van der Waals surface area contributed by atoms with Crippen molar-refractivity contribution in [1.82, 2.24) is 15.6 Å². The largest absolute Gasteiger partial charge is 0.481 e. The average Bonchev–Trinajstić information content (AvgIpc) is 2.92. The molecule has 0 spiro atoms. The van der Waals surface area contributed by atoms with Gasteiger partial charge in [-0.3, -0.25) is 19.9 Å². The molecular formula is C30H26Cl2F3N3O3. The predicted molar refractivity (Wildman–Crippen MR) is 152 cm³/mol. The number of alkyl halides is 4. The van der Waals surface area contributed by atoms with Gasteiger partial charge in [-0.05, 0) is 53.5 Å². The minimum atomic E-state index is -4.64. The van der Waals surface area contributed by atoms with Crippen LogP contribution in [0.2, 0.25) is 5.02 Å². The van der Waals surface area contributed by atoms with Crippen molar-refractivity contribution in [3.05, 3.63) is 106 Å². The SMILES string of the molecule is CC1=C(c2ccccc2)C=CC(Cl)(NCc2c(Cl)cc(C(F)(F)F)cc2-c2ccc(C(=O)NCCC(=O)O)nc2)C1. The van der Waals surface area contributed by atoms with Crippen molar-refractivity contribution in [2.24, 2.45) is 0 Å². The standard InChI is InChI=1S/C30H26Cl2F3N3O3/c1-18-15-29(32,11-9-22(18)19-5-3-2-4-6-19)38-17-24-23(13-21(14-25(24)31)30(33,34)35)20-7-8-26(37-16-20)28(41)36-12-10-27(39)40/h2-9,11,13-14,16,38H,10,12,15,17H2,1H3,(H,36,41)(H,39,40). The Morgan fingerprint density at radius 1 is 1.10 bits per heavy atom. The van der Waals surface area contributed by atoms with Gasteiger partial charge in [0.05, 0.1) is 12.0 Å². The van der Waals surface area contributed by atoms with Crippen molar-refractivity contribution >= 4 is 40.7 Å². The number of carbonyl (C=O) groups excluding carboxylic acids is 1. The number of carbonyl (C=O) groups is 2. The summed E-state index contributed by atoms with van der Waals surface area (Å²) >= 11 is 13.3. The third kappa shape index (κ3) is 7.55. The van der Waals surface area contributed by atoms with E-state index in [-0.39, 0.29) is 35.8 Å². The summed E-state index contributed by atoms with van der Waals surface area (Å²) in [6.07, 6.45) is 0.572. The summed E-state index contributed by atoms with van der Waals surface area (Å²) in [5.74, 6) is -1.67. The molecule has 1 unspecified atom stereocenters. The molecule has 41 heavy (non-hydrogen) atoms. The minimum Gasteiger partial charge on any atom is -0.481 e. The summed E-state index contributed by atoms with van der Waals surface area (Å²) in [6, 6.07) is 14.5. The van der Waals surface area contributed by atoms with Gasteiger partial charge in [-0.15, -0.1) is 0 Å². The second-order valence-electron chi connectivity index (χ2n) is 9.60. The van der Waals surface area contributed by atoms with Gasteiger partial charge in [-0.2, -0.15) is 13.2 Å². The normalized spacial score (nSPS) is 17.0. The van der Waals surface area contributed by atoms with Gasteiger partial charge in [0.15, 0.2) is 0 Å².